The first-order valence-corrected chi connectivity index (χ1v) is 11.5. The van der Waals surface area contributed by atoms with Crippen LogP contribution in [0.15, 0.2) is 42.5 Å². The minimum atomic E-state index is -0.374. The first-order chi connectivity index (χ1) is 14.9. The molecule has 5 heteroatoms. The van der Waals surface area contributed by atoms with E-state index in [0.717, 1.165) is 43.0 Å². The van der Waals surface area contributed by atoms with Gasteiger partial charge < -0.3 is 19.8 Å². The van der Waals surface area contributed by atoms with Crippen LogP contribution in [0.4, 0.5) is 0 Å². The Hall–Kier alpha value is -2.50. The summed E-state index contributed by atoms with van der Waals surface area (Å²) < 4.78 is 12.6. The molecule has 0 radical (unpaired) electrons. The van der Waals surface area contributed by atoms with Crippen molar-refractivity contribution in [2.45, 2.75) is 58.3 Å². The number of hydrazine groups is 1. The average Bonchev–Trinajstić information content (AvgIpc) is 3.22. The molecule has 3 aliphatic rings. The molecule has 1 atom stereocenters. The van der Waals surface area contributed by atoms with E-state index in [4.69, 9.17) is 9.47 Å². The van der Waals surface area contributed by atoms with Crippen LogP contribution in [0.1, 0.15) is 55.0 Å². The summed E-state index contributed by atoms with van der Waals surface area (Å²) >= 11 is 0. The first kappa shape index (κ1) is 20.4. The van der Waals surface area contributed by atoms with Gasteiger partial charge in [0.15, 0.2) is 17.2 Å². The van der Waals surface area contributed by atoms with Crippen molar-refractivity contribution in [1.29, 1.82) is 0 Å². The summed E-state index contributed by atoms with van der Waals surface area (Å²) in [4.78, 5) is 1.65. The molecule has 0 aromatic heterocycles. The molecular formula is C26H34N3O2+. The quantitative estimate of drug-likeness (QED) is 0.798. The van der Waals surface area contributed by atoms with Crippen molar-refractivity contribution >= 4 is 5.70 Å². The van der Waals surface area contributed by atoms with Crippen LogP contribution in [-0.4, -0.2) is 37.0 Å². The van der Waals surface area contributed by atoms with Crippen molar-refractivity contribution in [3.8, 4) is 11.5 Å². The van der Waals surface area contributed by atoms with Crippen LogP contribution in [0.3, 0.4) is 0 Å². The summed E-state index contributed by atoms with van der Waals surface area (Å²) in [5.41, 5.74) is 9.56. The number of aryl methyl sites for hydroxylation is 2. The summed E-state index contributed by atoms with van der Waals surface area (Å²) in [5.74, 6) is 1.73. The third-order valence-electron chi connectivity index (χ3n) is 7.30. The van der Waals surface area contributed by atoms with Crippen molar-refractivity contribution in [3.63, 3.8) is 0 Å². The minimum Gasteiger partial charge on any atom is -0.493 e. The highest BCUT2D eigenvalue weighted by Crippen LogP contribution is 2.50. The number of quaternary nitrogens is 1. The Kier molecular flexibility index (Phi) is 4.98. The largest absolute Gasteiger partial charge is 0.493 e. The summed E-state index contributed by atoms with van der Waals surface area (Å²) in [7, 11) is 1.73. The van der Waals surface area contributed by atoms with Gasteiger partial charge in [0.05, 0.1) is 50.8 Å². The fourth-order valence-corrected chi connectivity index (χ4v) is 5.39. The van der Waals surface area contributed by atoms with E-state index in [-0.39, 0.29) is 11.8 Å². The molecule has 2 aromatic rings. The Bertz CT molecular complexity index is 1020. The molecule has 5 nitrogen and oxygen atoms in total. The van der Waals surface area contributed by atoms with Crippen molar-refractivity contribution in [3.05, 3.63) is 64.7 Å². The van der Waals surface area contributed by atoms with Gasteiger partial charge in [-0.25, -0.2) is 0 Å². The lowest BCUT2D eigenvalue weighted by atomic mass is 9.92. The number of ether oxygens (including phenoxy) is 2. The number of methoxy groups -OCH3 is 1. The maximum absolute atomic E-state index is 6.85. The Morgan fingerprint density at radius 3 is 2.65 bits per heavy atom. The maximum atomic E-state index is 6.85. The molecule has 5 rings (SSSR count). The molecule has 1 spiro atoms. The number of hydrogen-bond donors (Lipinski definition) is 2. The molecule has 1 saturated heterocycles. The van der Waals surface area contributed by atoms with E-state index >= 15 is 0 Å². The lowest BCUT2D eigenvalue weighted by Crippen LogP contribution is -3.16. The number of benzene rings is 2. The number of para-hydroxylation sites is 1. The van der Waals surface area contributed by atoms with Crippen molar-refractivity contribution in [2.75, 3.05) is 20.2 Å². The van der Waals surface area contributed by atoms with E-state index in [9.17, 15) is 0 Å². The van der Waals surface area contributed by atoms with E-state index in [0.29, 0.717) is 6.04 Å². The monoisotopic (exact) mass is 420 g/mol. The molecule has 0 saturated carbocycles. The Labute approximate surface area is 185 Å². The molecule has 31 heavy (non-hydrogen) atoms. The van der Waals surface area contributed by atoms with Gasteiger partial charge in [0, 0.05) is 11.1 Å². The van der Waals surface area contributed by atoms with Gasteiger partial charge in [0.25, 0.3) is 0 Å². The molecule has 0 unspecified atom stereocenters. The second-order valence-corrected chi connectivity index (χ2v) is 9.57. The van der Waals surface area contributed by atoms with E-state index in [1.165, 1.54) is 22.4 Å². The van der Waals surface area contributed by atoms with Crippen LogP contribution < -0.4 is 19.8 Å². The minimum absolute atomic E-state index is 0.120. The summed E-state index contributed by atoms with van der Waals surface area (Å²) in [6, 6.07) is 13.7. The van der Waals surface area contributed by atoms with E-state index < -0.39 is 0 Å². The zero-order valence-electron chi connectivity index (χ0n) is 19.3. The van der Waals surface area contributed by atoms with Gasteiger partial charge in [-0.1, -0.05) is 29.8 Å². The van der Waals surface area contributed by atoms with E-state index in [1.807, 2.05) is 6.07 Å². The Balaban J connectivity index is 1.58. The van der Waals surface area contributed by atoms with Gasteiger partial charge in [-0.2, -0.15) is 5.01 Å². The van der Waals surface area contributed by atoms with Crippen LogP contribution in [-0.2, 0) is 0 Å². The molecule has 1 fully saturated rings. The number of likely N-dealkylation sites (tertiary alicyclic amines) is 1. The van der Waals surface area contributed by atoms with Crippen LogP contribution >= 0.6 is 0 Å². The fourth-order valence-electron chi connectivity index (χ4n) is 5.39. The summed E-state index contributed by atoms with van der Waals surface area (Å²) in [5, 5.41) is 2.38. The second-order valence-electron chi connectivity index (χ2n) is 9.57. The van der Waals surface area contributed by atoms with Gasteiger partial charge in [-0.05, 0) is 51.5 Å². The third-order valence-corrected chi connectivity index (χ3v) is 7.30. The average molecular weight is 421 g/mol. The SMILES string of the molecule is COc1cccc2c1OC1(CC[NH+](C(C)C)CC1)N1NC(c3cc(C)ccc3C)=C[C@H]21. The van der Waals surface area contributed by atoms with Crippen LogP contribution in [0, 0.1) is 13.8 Å². The molecular weight excluding hydrogens is 386 g/mol. The second kappa shape index (κ2) is 7.57. The predicted octanol–water partition coefficient (Wildman–Crippen LogP) is 3.39. The highest BCUT2D eigenvalue weighted by molar-refractivity contribution is 5.70. The van der Waals surface area contributed by atoms with Gasteiger partial charge in [-0.15, -0.1) is 0 Å². The molecule has 3 heterocycles. The van der Waals surface area contributed by atoms with Crippen LogP contribution in [0.5, 0.6) is 11.5 Å². The molecule has 0 amide bonds. The number of piperidine rings is 1. The molecule has 164 valence electrons. The number of fused-ring (bicyclic) bond motifs is 4. The maximum Gasteiger partial charge on any atom is 0.191 e. The van der Waals surface area contributed by atoms with Gasteiger partial charge in [0.2, 0.25) is 0 Å². The van der Waals surface area contributed by atoms with Crippen molar-refractivity contribution < 1.29 is 14.4 Å². The molecule has 0 bridgehead atoms. The van der Waals surface area contributed by atoms with Gasteiger partial charge in [0.1, 0.15) is 0 Å². The Morgan fingerprint density at radius 1 is 1.16 bits per heavy atom. The molecule has 2 N–H and O–H groups in total. The topological polar surface area (TPSA) is 38.2 Å². The smallest absolute Gasteiger partial charge is 0.191 e. The fraction of sp³-hybridized carbons (Fsp3) is 0.462. The van der Waals surface area contributed by atoms with E-state index in [2.05, 4.69) is 74.5 Å². The number of rotatable bonds is 3. The van der Waals surface area contributed by atoms with Gasteiger partial charge >= 0.3 is 0 Å². The van der Waals surface area contributed by atoms with Crippen molar-refractivity contribution in [2.24, 2.45) is 0 Å². The molecule has 0 aliphatic carbocycles. The standard InChI is InChI=1S/C26H33N3O2/c1-17(2)28-13-11-26(12-14-28)29-23(20-7-6-8-24(30-5)25(20)31-26)16-22(27-29)21-15-18(3)9-10-19(21)4/h6-10,15-17,23,27H,11-14H2,1-5H3/p+1/t23-/m1/s1. The third kappa shape index (κ3) is 3.31. The lowest BCUT2D eigenvalue weighted by Gasteiger charge is -2.51. The number of nitrogens with one attached hydrogen (secondary N) is 2. The number of hydrogen-bond acceptors (Lipinski definition) is 4. The zero-order chi connectivity index (χ0) is 21.8. The van der Waals surface area contributed by atoms with Crippen molar-refractivity contribution in [1.82, 2.24) is 10.4 Å². The summed E-state index contributed by atoms with van der Waals surface area (Å²) in [6.07, 6.45) is 4.33. The van der Waals surface area contributed by atoms with Crippen LogP contribution in [0.25, 0.3) is 5.70 Å². The summed E-state index contributed by atoms with van der Waals surface area (Å²) in [6.45, 7) is 11.2. The zero-order valence-corrected chi connectivity index (χ0v) is 19.3. The predicted molar refractivity (Wildman–Crippen MR) is 123 cm³/mol. The number of nitrogens with zero attached hydrogens (tertiary/aromatic N) is 1. The Morgan fingerprint density at radius 2 is 1.94 bits per heavy atom. The van der Waals surface area contributed by atoms with E-state index in [1.54, 1.807) is 12.0 Å². The lowest BCUT2D eigenvalue weighted by molar-refractivity contribution is -0.929. The van der Waals surface area contributed by atoms with Gasteiger partial charge in [-0.3, -0.25) is 0 Å². The first-order valence-electron chi connectivity index (χ1n) is 11.5. The molecule has 3 aliphatic heterocycles. The van der Waals surface area contributed by atoms with Crippen LogP contribution in [0.2, 0.25) is 0 Å². The highest BCUT2D eigenvalue weighted by Gasteiger charge is 2.53. The molecule has 2 aromatic carbocycles. The normalized spacial score (nSPS) is 27.4. The highest BCUT2D eigenvalue weighted by atomic mass is 16.5.